The van der Waals surface area contributed by atoms with E-state index >= 15 is 0 Å². The van der Waals surface area contributed by atoms with Gasteiger partial charge in [-0.1, -0.05) is 0 Å². The molecule has 1 aromatic carbocycles. The van der Waals surface area contributed by atoms with Gasteiger partial charge in [0.05, 0.1) is 21.3 Å². The molecule has 2 heterocycles. The average Bonchev–Trinajstić information content (AvgIpc) is 2.73. The molecule has 0 aliphatic carbocycles. The van der Waals surface area contributed by atoms with E-state index in [1.165, 1.54) is 21.3 Å². The number of carbonyl (C=O) groups is 1. The number of aromatic nitrogens is 2. The predicted octanol–water partition coefficient (Wildman–Crippen LogP) is 2.19. The Labute approximate surface area is 158 Å². The van der Waals surface area contributed by atoms with E-state index in [1.54, 1.807) is 35.5 Å². The zero-order valence-electron chi connectivity index (χ0n) is 15.7. The van der Waals surface area contributed by atoms with Crippen molar-refractivity contribution in [3.63, 3.8) is 0 Å². The predicted molar refractivity (Wildman–Crippen MR) is 97.7 cm³/mol. The van der Waals surface area contributed by atoms with Gasteiger partial charge in [0.1, 0.15) is 6.10 Å². The van der Waals surface area contributed by atoms with Crippen LogP contribution in [0.4, 0.5) is 0 Å². The van der Waals surface area contributed by atoms with Crippen LogP contribution in [0.2, 0.25) is 0 Å². The summed E-state index contributed by atoms with van der Waals surface area (Å²) in [6.45, 7) is 1.18. The highest BCUT2D eigenvalue weighted by atomic mass is 16.5. The number of methoxy groups -OCH3 is 3. The number of hydrogen-bond donors (Lipinski definition) is 0. The summed E-state index contributed by atoms with van der Waals surface area (Å²) in [7, 11) is 4.59. The fourth-order valence-corrected chi connectivity index (χ4v) is 3.06. The van der Waals surface area contributed by atoms with Crippen LogP contribution in [0, 0.1) is 0 Å². The molecule has 0 unspecified atom stereocenters. The van der Waals surface area contributed by atoms with Gasteiger partial charge in [0.25, 0.3) is 5.91 Å². The quantitative estimate of drug-likeness (QED) is 0.767. The number of benzene rings is 1. The molecule has 1 aliphatic rings. The maximum atomic E-state index is 12.9. The first-order chi connectivity index (χ1) is 13.2. The highest BCUT2D eigenvalue weighted by Crippen LogP contribution is 2.38. The van der Waals surface area contributed by atoms with Gasteiger partial charge in [-0.2, -0.15) is 0 Å². The molecule has 27 heavy (non-hydrogen) atoms. The van der Waals surface area contributed by atoms with Crippen molar-refractivity contribution in [1.29, 1.82) is 0 Å². The first-order valence-electron chi connectivity index (χ1n) is 8.69. The molecule has 8 nitrogen and oxygen atoms in total. The van der Waals surface area contributed by atoms with Crippen LogP contribution < -0.4 is 18.9 Å². The summed E-state index contributed by atoms with van der Waals surface area (Å²) >= 11 is 0. The lowest BCUT2D eigenvalue weighted by Crippen LogP contribution is -2.42. The summed E-state index contributed by atoms with van der Waals surface area (Å²) in [6, 6.07) is 5.45. The van der Waals surface area contributed by atoms with Crippen LogP contribution in [0.15, 0.2) is 30.6 Å². The molecule has 0 bridgehead atoms. The Morgan fingerprint density at radius 2 is 1.59 bits per heavy atom. The standard InChI is InChI=1S/C19H23N3O5/c1-24-15-11-13(12-16(25-2)17(15)26-3)18(23)22-9-5-14(6-10-22)27-19-20-7-4-8-21-19/h4,7-8,11-12,14H,5-6,9-10H2,1-3H3. The molecule has 8 heteroatoms. The molecule has 0 saturated carbocycles. The Hall–Kier alpha value is -3.03. The van der Waals surface area contributed by atoms with Crippen molar-refractivity contribution in [3.8, 4) is 23.3 Å². The highest BCUT2D eigenvalue weighted by molar-refractivity contribution is 5.95. The fourth-order valence-electron chi connectivity index (χ4n) is 3.06. The number of amides is 1. The Morgan fingerprint density at radius 3 is 2.11 bits per heavy atom. The summed E-state index contributed by atoms with van der Waals surface area (Å²) in [5.41, 5.74) is 0.496. The molecule has 1 amide bonds. The maximum Gasteiger partial charge on any atom is 0.316 e. The van der Waals surface area contributed by atoms with Crippen molar-refractivity contribution < 1.29 is 23.7 Å². The molecule has 2 aromatic rings. The van der Waals surface area contributed by atoms with Gasteiger partial charge in [-0.25, -0.2) is 9.97 Å². The number of likely N-dealkylation sites (tertiary alicyclic amines) is 1. The summed E-state index contributed by atoms with van der Waals surface area (Å²) < 4.78 is 21.7. The third-order valence-corrected chi connectivity index (χ3v) is 4.46. The van der Waals surface area contributed by atoms with Gasteiger partial charge in [-0.3, -0.25) is 4.79 Å². The molecule has 1 aliphatic heterocycles. The SMILES string of the molecule is COc1cc(C(=O)N2CCC(Oc3ncccn3)CC2)cc(OC)c1OC. The molecule has 0 atom stereocenters. The van der Waals surface area contributed by atoms with Crippen molar-refractivity contribution in [3.05, 3.63) is 36.2 Å². The van der Waals surface area contributed by atoms with Gasteiger partial charge in [-0.15, -0.1) is 0 Å². The van der Waals surface area contributed by atoms with Gasteiger partial charge < -0.3 is 23.8 Å². The zero-order chi connectivity index (χ0) is 19.2. The minimum absolute atomic E-state index is 0.00334. The number of hydrogen-bond acceptors (Lipinski definition) is 7. The van der Waals surface area contributed by atoms with Gasteiger partial charge in [0, 0.05) is 43.9 Å². The van der Waals surface area contributed by atoms with Crippen LogP contribution in [0.1, 0.15) is 23.2 Å². The van der Waals surface area contributed by atoms with Crippen molar-refractivity contribution in [2.24, 2.45) is 0 Å². The lowest BCUT2D eigenvalue weighted by molar-refractivity contribution is 0.0578. The minimum Gasteiger partial charge on any atom is -0.493 e. The van der Waals surface area contributed by atoms with Crippen LogP contribution in [0.5, 0.6) is 23.3 Å². The highest BCUT2D eigenvalue weighted by Gasteiger charge is 2.27. The molecular formula is C19H23N3O5. The van der Waals surface area contributed by atoms with Crippen LogP contribution in [0.25, 0.3) is 0 Å². The second-order valence-electron chi connectivity index (χ2n) is 6.05. The van der Waals surface area contributed by atoms with Crippen LogP contribution in [-0.2, 0) is 0 Å². The number of piperidine rings is 1. The van der Waals surface area contributed by atoms with Crippen LogP contribution >= 0.6 is 0 Å². The Morgan fingerprint density at radius 1 is 1.00 bits per heavy atom. The number of carbonyl (C=O) groups excluding carboxylic acids is 1. The van der Waals surface area contributed by atoms with E-state index in [9.17, 15) is 4.79 Å². The Balaban J connectivity index is 1.67. The van der Waals surface area contributed by atoms with E-state index in [0.717, 1.165) is 0 Å². The maximum absolute atomic E-state index is 12.9. The number of ether oxygens (including phenoxy) is 4. The molecule has 144 valence electrons. The summed E-state index contributed by atoms with van der Waals surface area (Å²) in [4.78, 5) is 22.9. The minimum atomic E-state index is -0.0799. The average molecular weight is 373 g/mol. The molecule has 0 radical (unpaired) electrons. The van der Waals surface area contributed by atoms with Gasteiger partial charge in [0.15, 0.2) is 11.5 Å². The van der Waals surface area contributed by atoms with E-state index in [-0.39, 0.29) is 12.0 Å². The first-order valence-corrected chi connectivity index (χ1v) is 8.69. The van der Waals surface area contributed by atoms with Gasteiger partial charge in [0.2, 0.25) is 5.75 Å². The fraction of sp³-hybridized carbons (Fsp3) is 0.421. The summed E-state index contributed by atoms with van der Waals surface area (Å²) in [6.07, 6.45) is 4.72. The third kappa shape index (κ3) is 4.21. The lowest BCUT2D eigenvalue weighted by atomic mass is 10.1. The molecular weight excluding hydrogens is 350 g/mol. The van der Waals surface area contributed by atoms with E-state index < -0.39 is 0 Å². The normalized spacial score (nSPS) is 14.6. The Bertz CT molecular complexity index is 751. The second-order valence-corrected chi connectivity index (χ2v) is 6.05. The summed E-state index contributed by atoms with van der Waals surface area (Å²) in [5, 5.41) is 0. The Kier molecular flexibility index (Phi) is 5.95. The van der Waals surface area contributed by atoms with E-state index in [2.05, 4.69) is 9.97 Å². The van der Waals surface area contributed by atoms with Crippen molar-refractivity contribution >= 4 is 5.91 Å². The number of rotatable bonds is 6. The smallest absolute Gasteiger partial charge is 0.316 e. The van der Waals surface area contributed by atoms with Crippen LogP contribution in [-0.4, -0.2) is 61.3 Å². The molecule has 3 rings (SSSR count). The topological polar surface area (TPSA) is 83.0 Å². The lowest BCUT2D eigenvalue weighted by Gasteiger charge is -2.31. The largest absolute Gasteiger partial charge is 0.493 e. The first kappa shape index (κ1) is 18.8. The summed E-state index contributed by atoms with van der Waals surface area (Å²) in [5.74, 6) is 1.30. The number of nitrogens with zero attached hydrogens (tertiary/aromatic N) is 3. The van der Waals surface area contributed by atoms with E-state index in [0.29, 0.717) is 54.8 Å². The van der Waals surface area contributed by atoms with Crippen molar-refractivity contribution in [2.45, 2.75) is 18.9 Å². The molecule has 1 aromatic heterocycles. The van der Waals surface area contributed by atoms with E-state index in [4.69, 9.17) is 18.9 Å². The molecule has 1 fully saturated rings. The van der Waals surface area contributed by atoms with Gasteiger partial charge >= 0.3 is 6.01 Å². The van der Waals surface area contributed by atoms with Crippen LogP contribution in [0.3, 0.4) is 0 Å². The van der Waals surface area contributed by atoms with Crippen molar-refractivity contribution in [2.75, 3.05) is 34.4 Å². The molecule has 0 spiro atoms. The zero-order valence-corrected chi connectivity index (χ0v) is 15.7. The van der Waals surface area contributed by atoms with Crippen molar-refractivity contribution in [1.82, 2.24) is 14.9 Å². The van der Waals surface area contributed by atoms with Gasteiger partial charge in [-0.05, 0) is 18.2 Å². The molecule has 1 saturated heterocycles. The molecule has 0 N–H and O–H groups in total. The second kappa shape index (κ2) is 8.57. The monoisotopic (exact) mass is 373 g/mol. The van der Waals surface area contributed by atoms with E-state index in [1.807, 2.05) is 0 Å². The third-order valence-electron chi connectivity index (χ3n) is 4.46.